The van der Waals surface area contributed by atoms with E-state index in [0.29, 0.717) is 13.1 Å². The van der Waals surface area contributed by atoms with E-state index in [9.17, 15) is 4.79 Å². The largest absolute Gasteiger partial charge is 0.375 e. The number of ether oxygens (including phenoxy) is 1. The lowest BCUT2D eigenvalue weighted by Gasteiger charge is -2.47. The number of nitrogens with one attached hydrogen (secondary N) is 2. The van der Waals surface area contributed by atoms with Gasteiger partial charge in [-0.25, -0.2) is 4.98 Å². The fourth-order valence-corrected chi connectivity index (χ4v) is 3.88. The number of pyridine rings is 1. The predicted octanol–water partition coefficient (Wildman–Crippen LogP) is 2.53. The van der Waals surface area contributed by atoms with Crippen molar-refractivity contribution in [1.82, 2.24) is 9.88 Å². The number of piperidine rings is 1. The number of likely N-dealkylation sites (tertiary alicyclic amines) is 1. The average Bonchev–Trinajstić information content (AvgIpc) is 2.73. The third-order valence-corrected chi connectivity index (χ3v) is 5.25. The van der Waals surface area contributed by atoms with E-state index in [-0.39, 0.29) is 12.5 Å². The first-order valence-corrected chi connectivity index (χ1v) is 9.56. The average molecular weight is 379 g/mol. The van der Waals surface area contributed by atoms with Crippen LogP contribution in [-0.2, 0) is 16.1 Å². The van der Waals surface area contributed by atoms with Crippen molar-refractivity contribution < 1.29 is 9.53 Å². The maximum atomic E-state index is 12.5. The Kier molecular flexibility index (Phi) is 5.25. The highest BCUT2D eigenvalue weighted by Crippen LogP contribution is 2.35. The van der Waals surface area contributed by atoms with E-state index in [1.165, 1.54) is 0 Å². The Morgan fingerprint density at radius 3 is 2.96 bits per heavy atom. The standard InChI is InChI=1S/C21H25N5O2/c1-28-14-18(27)26-12-6-10-21(15-26)20(23-13-16-7-3-2-4-8-16)24-19-17(25-21)9-5-11-22-19/h2-5,7-9,11,25H,6,10,12-15H2,1H3,(H,22,23,24). The molecule has 2 aliphatic rings. The molecule has 1 saturated heterocycles. The number of hydrogen-bond donors (Lipinski definition) is 2. The van der Waals surface area contributed by atoms with Crippen molar-refractivity contribution in [3.8, 4) is 0 Å². The highest BCUT2D eigenvalue weighted by molar-refractivity contribution is 6.09. The highest BCUT2D eigenvalue weighted by atomic mass is 16.5. The minimum atomic E-state index is -0.452. The quantitative estimate of drug-likeness (QED) is 0.853. The van der Waals surface area contributed by atoms with Crippen molar-refractivity contribution in [2.24, 2.45) is 4.99 Å². The maximum Gasteiger partial charge on any atom is 0.248 e. The van der Waals surface area contributed by atoms with Gasteiger partial charge in [-0.3, -0.25) is 9.79 Å². The molecule has 0 saturated carbocycles. The molecular weight excluding hydrogens is 354 g/mol. The number of carbonyl (C=O) groups is 1. The van der Waals surface area contributed by atoms with E-state index >= 15 is 0 Å². The van der Waals surface area contributed by atoms with E-state index < -0.39 is 5.54 Å². The van der Waals surface area contributed by atoms with Crippen LogP contribution in [0.1, 0.15) is 18.4 Å². The van der Waals surface area contributed by atoms with Gasteiger partial charge in [0.1, 0.15) is 18.0 Å². The summed E-state index contributed by atoms with van der Waals surface area (Å²) < 4.78 is 5.05. The zero-order valence-corrected chi connectivity index (χ0v) is 16.0. The molecule has 7 nitrogen and oxygen atoms in total. The predicted molar refractivity (Wildman–Crippen MR) is 109 cm³/mol. The molecule has 0 aliphatic carbocycles. The van der Waals surface area contributed by atoms with Crippen molar-refractivity contribution in [3.63, 3.8) is 0 Å². The van der Waals surface area contributed by atoms with Gasteiger partial charge in [0.15, 0.2) is 5.82 Å². The fraction of sp³-hybridized carbons (Fsp3) is 0.381. The molecule has 1 spiro atoms. The van der Waals surface area contributed by atoms with Gasteiger partial charge in [0.05, 0.1) is 18.8 Å². The number of carbonyl (C=O) groups excluding carboxylic acids is 1. The number of anilines is 2. The van der Waals surface area contributed by atoms with Crippen molar-refractivity contribution in [1.29, 1.82) is 0 Å². The number of fused-ring (bicyclic) bond motifs is 1. The SMILES string of the molecule is COCC(=O)N1CCCC2(C1)Nc1cccnc1NC2=NCc1ccccc1. The summed E-state index contributed by atoms with van der Waals surface area (Å²) in [6.45, 7) is 1.95. The molecule has 0 bridgehead atoms. The second kappa shape index (κ2) is 7.98. The highest BCUT2D eigenvalue weighted by Gasteiger charge is 2.44. The van der Waals surface area contributed by atoms with Crippen LogP contribution < -0.4 is 10.6 Å². The number of hydrogen-bond acceptors (Lipinski definition) is 5. The number of methoxy groups -OCH3 is 1. The molecule has 1 aromatic heterocycles. The second-order valence-corrected chi connectivity index (χ2v) is 7.23. The van der Waals surface area contributed by atoms with Crippen molar-refractivity contribution in [2.45, 2.75) is 24.9 Å². The zero-order chi connectivity index (χ0) is 19.4. The van der Waals surface area contributed by atoms with Gasteiger partial charge in [0, 0.05) is 19.9 Å². The van der Waals surface area contributed by atoms with Gasteiger partial charge in [-0.05, 0) is 30.5 Å². The summed E-state index contributed by atoms with van der Waals surface area (Å²) in [6.07, 6.45) is 3.54. The molecule has 2 N–H and O–H groups in total. The van der Waals surface area contributed by atoms with Gasteiger partial charge in [0.25, 0.3) is 0 Å². The molecule has 7 heteroatoms. The minimum absolute atomic E-state index is 0.00256. The van der Waals surface area contributed by atoms with E-state index in [4.69, 9.17) is 9.73 Å². The first-order chi connectivity index (χ1) is 13.7. The van der Waals surface area contributed by atoms with Crippen LogP contribution in [0, 0.1) is 0 Å². The van der Waals surface area contributed by atoms with Crippen LogP contribution in [0.2, 0.25) is 0 Å². The Morgan fingerprint density at radius 1 is 1.29 bits per heavy atom. The Hall–Kier alpha value is -2.93. The van der Waals surface area contributed by atoms with E-state index in [0.717, 1.165) is 42.3 Å². The number of amides is 1. The number of nitrogens with zero attached hydrogens (tertiary/aromatic N) is 3. The number of aromatic nitrogens is 1. The molecule has 1 fully saturated rings. The van der Waals surface area contributed by atoms with Crippen molar-refractivity contribution in [2.75, 3.05) is 37.4 Å². The summed E-state index contributed by atoms with van der Waals surface area (Å²) in [7, 11) is 1.55. The number of benzene rings is 1. The summed E-state index contributed by atoms with van der Waals surface area (Å²) >= 11 is 0. The molecule has 1 amide bonds. The van der Waals surface area contributed by atoms with E-state index in [1.807, 2.05) is 35.2 Å². The monoisotopic (exact) mass is 379 g/mol. The van der Waals surface area contributed by atoms with Gasteiger partial charge in [-0.1, -0.05) is 30.3 Å². The maximum absolute atomic E-state index is 12.5. The topological polar surface area (TPSA) is 78.8 Å². The summed E-state index contributed by atoms with van der Waals surface area (Å²) in [5.41, 5.74) is 1.62. The Morgan fingerprint density at radius 2 is 2.14 bits per heavy atom. The van der Waals surface area contributed by atoms with Crippen LogP contribution in [0.5, 0.6) is 0 Å². The molecule has 146 valence electrons. The third-order valence-electron chi connectivity index (χ3n) is 5.25. The normalized spacial score (nSPS) is 22.5. The second-order valence-electron chi connectivity index (χ2n) is 7.23. The smallest absolute Gasteiger partial charge is 0.248 e. The molecule has 2 aliphatic heterocycles. The van der Waals surface area contributed by atoms with Crippen LogP contribution in [0.15, 0.2) is 53.7 Å². The first-order valence-electron chi connectivity index (χ1n) is 9.56. The fourth-order valence-electron chi connectivity index (χ4n) is 3.88. The lowest BCUT2D eigenvalue weighted by molar-refractivity contribution is -0.136. The van der Waals surface area contributed by atoms with Crippen LogP contribution in [0.25, 0.3) is 0 Å². The van der Waals surface area contributed by atoms with Gasteiger partial charge < -0.3 is 20.3 Å². The van der Waals surface area contributed by atoms with Crippen LogP contribution in [0.4, 0.5) is 11.5 Å². The summed E-state index contributed by atoms with van der Waals surface area (Å²) in [4.78, 5) is 23.7. The Bertz CT molecular complexity index is 870. The van der Waals surface area contributed by atoms with Crippen LogP contribution >= 0.6 is 0 Å². The van der Waals surface area contributed by atoms with E-state index in [2.05, 4.69) is 27.8 Å². The number of rotatable bonds is 4. The first kappa shape index (κ1) is 18.4. The summed E-state index contributed by atoms with van der Waals surface area (Å²) in [6, 6.07) is 14.1. The lowest BCUT2D eigenvalue weighted by atomic mass is 9.85. The van der Waals surface area contributed by atoms with Gasteiger partial charge >= 0.3 is 0 Å². The minimum Gasteiger partial charge on any atom is -0.375 e. The molecule has 1 unspecified atom stereocenters. The Labute approximate surface area is 164 Å². The summed E-state index contributed by atoms with van der Waals surface area (Å²) in [5, 5.41) is 7.06. The molecule has 3 heterocycles. The molecule has 1 atom stereocenters. The van der Waals surface area contributed by atoms with Crippen LogP contribution in [0.3, 0.4) is 0 Å². The molecule has 4 rings (SSSR count). The number of amidine groups is 1. The molecule has 2 aromatic rings. The summed E-state index contributed by atoms with van der Waals surface area (Å²) in [5.74, 6) is 1.60. The molecule has 28 heavy (non-hydrogen) atoms. The molecule has 0 radical (unpaired) electrons. The molecule has 1 aromatic carbocycles. The van der Waals surface area contributed by atoms with Gasteiger partial charge in [-0.15, -0.1) is 0 Å². The molecular formula is C21H25N5O2. The van der Waals surface area contributed by atoms with Gasteiger partial charge in [-0.2, -0.15) is 0 Å². The van der Waals surface area contributed by atoms with Crippen molar-refractivity contribution >= 4 is 23.2 Å². The van der Waals surface area contributed by atoms with Crippen LogP contribution in [-0.4, -0.2) is 54.0 Å². The van der Waals surface area contributed by atoms with Gasteiger partial charge in [0.2, 0.25) is 5.91 Å². The third kappa shape index (κ3) is 3.71. The number of aliphatic imine (C=N–C) groups is 1. The Balaban J connectivity index is 1.66. The van der Waals surface area contributed by atoms with Crippen molar-refractivity contribution in [3.05, 3.63) is 54.2 Å². The zero-order valence-electron chi connectivity index (χ0n) is 16.0. The van der Waals surface area contributed by atoms with E-state index in [1.54, 1.807) is 13.3 Å². The lowest BCUT2D eigenvalue weighted by Crippen LogP contribution is -2.63.